The Morgan fingerprint density at radius 2 is 2.19 bits per heavy atom. The van der Waals surface area contributed by atoms with Gasteiger partial charge in [0.1, 0.15) is 6.61 Å². The minimum Gasteiger partial charge on any atom is -0.372 e. The lowest BCUT2D eigenvalue weighted by atomic mass is 10.1. The molecule has 0 spiro atoms. The first kappa shape index (κ1) is 15.8. The Hall–Kier alpha value is -1.60. The van der Waals surface area contributed by atoms with Crippen LogP contribution in [0.2, 0.25) is 0 Å². The number of hydrogen-bond donors (Lipinski definition) is 1. The first-order valence-electron chi connectivity index (χ1n) is 6.92. The van der Waals surface area contributed by atoms with Crippen LogP contribution >= 0.6 is 0 Å². The molecular weight excluding hydrogens is 292 g/mol. The number of hydrogen-bond acceptors (Lipinski definition) is 4. The zero-order chi connectivity index (χ0) is 15.5. The summed E-state index contributed by atoms with van der Waals surface area (Å²) in [5.41, 5.74) is 2.07. The Bertz CT molecular complexity index is 628. The van der Waals surface area contributed by atoms with E-state index in [9.17, 15) is 13.2 Å². The summed E-state index contributed by atoms with van der Waals surface area (Å²) < 4.78 is 30.3. The summed E-state index contributed by atoms with van der Waals surface area (Å²) in [7, 11) is -3.22. The number of sulfonamides is 1. The zero-order valence-corrected chi connectivity index (χ0v) is 13.1. The largest absolute Gasteiger partial charge is 0.372 e. The van der Waals surface area contributed by atoms with E-state index in [2.05, 4.69) is 5.32 Å². The van der Waals surface area contributed by atoms with Gasteiger partial charge < -0.3 is 10.1 Å². The van der Waals surface area contributed by atoms with Crippen molar-refractivity contribution in [2.24, 2.45) is 0 Å². The molecule has 0 saturated carbocycles. The van der Waals surface area contributed by atoms with E-state index >= 15 is 0 Å². The molecule has 1 fully saturated rings. The van der Waals surface area contributed by atoms with Crippen molar-refractivity contribution >= 4 is 27.3 Å². The predicted octanol–water partition coefficient (Wildman–Crippen LogP) is 1.51. The number of nitrogens with one attached hydrogen (secondary N) is 1. The molecule has 1 amide bonds. The van der Waals surface area contributed by atoms with Crippen LogP contribution in [0.5, 0.6) is 0 Å². The van der Waals surface area contributed by atoms with Crippen LogP contribution in [0.15, 0.2) is 18.2 Å². The normalized spacial score (nSPS) is 17.0. The zero-order valence-electron chi connectivity index (χ0n) is 12.3. The van der Waals surface area contributed by atoms with E-state index in [1.54, 1.807) is 18.2 Å². The highest BCUT2D eigenvalue weighted by Crippen LogP contribution is 2.28. The first-order chi connectivity index (χ1) is 9.94. The number of aryl methyl sites for hydroxylation is 1. The van der Waals surface area contributed by atoms with Crippen molar-refractivity contribution in [2.75, 3.05) is 35.1 Å². The third-order valence-electron chi connectivity index (χ3n) is 3.32. The summed E-state index contributed by atoms with van der Waals surface area (Å²) >= 11 is 0. The fourth-order valence-electron chi connectivity index (χ4n) is 2.21. The maximum absolute atomic E-state index is 11.9. The molecular formula is C14H20N2O4S. The fraction of sp³-hybridized carbons (Fsp3) is 0.500. The van der Waals surface area contributed by atoms with Crippen molar-refractivity contribution in [3.8, 4) is 0 Å². The molecule has 0 radical (unpaired) electrons. The van der Waals surface area contributed by atoms with Gasteiger partial charge in [-0.25, -0.2) is 8.42 Å². The van der Waals surface area contributed by atoms with Crippen LogP contribution in [0.4, 0.5) is 11.4 Å². The monoisotopic (exact) mass is 312 g/mol. The molecule has 2 rings (SSSR count). The Morgan fingerprint density at radius 1 is 1.43 bits per heavy atom. The quantitative estimate of drug-likeness (QED) is 0.894. The van der Waals surface area contributed by atoms with Gasteiger partial charge in [0, 0.05) is 18.8 Å². The van der Waals surface area contributed by atoms with Crippen molar-refractivity contribution < 1.29 is 17.9 Å². The van der Waals surface area contributed by atoms with Gasteiger partial charge in [-0.1, -0.05) is 6.07 Å². The second-order valence-electron chi connectivity index (χ2n) is 4.93. The smallest absolute Gasteiger partial charge is 0.250 e. The number of benzene rings is 1. The molecule has 1 aliphatic rings. The van der Waals surface area contributed by atoms with Crippen LogP contribution in [0.25, 0.3) is 0 Å². The molecule has 1 aromatic carbocycles. The number of amides is 1. The number of rotatable bonds is 5. The van der Waals surface area contributed by atoms with Gasteiger partial charge in [-0.2, -0.15) is 0 Å². The Morgan fingerprint density at radius 3 is 2.81 bits per heavy atom. The van der Waals surface area contributed by atoms with Crippen LogP contribution in [-0.4, -0.2) is 39.8 Å². The molecule has 6 nitrogen and oxygen atoms in total. The van der Waals surface area contributed by atoms with E-state index in [4.69, 9.17) is 4.74 Å². The summed E-state index contributed by atoms with van der Waals surface area (Å²) in [6.07, 6.45) is 0.627. The summed E-state index contributed by atoms with van der Waals surface area (Å²) in [5.74, 6) is -0.0752. The van der Waals surface area contributed by atoms with E-state index in [0.717, 1.165) is 5.56 Å². The maximum atomic E-state index is 11.9. The molecule has 0 aromatic heterocycles. The highest BCUT2D eigenvalue weighted by atomic mass is 32.2. The third-order valence-corrected chi connectivity index (χ3v) is 5.19. The minimum atomic E-state index is -3.22. The molecule has 1 heterocycles. The van der Waals surface area contributed by atoms with Crippen LogP contribution in [0.1, 0.15) is 18.9 Å². The molecule has 116 valence electrons. The van der Waals surface area contributed by atoms with Gasteiger partial charge in [0.2, 0.25) is 15.9 Å². The molecule has 0 unspecified atom stereocenters. The van der Waals surface area contributed by atoms with Gasteiger partial charge in [-0.05, 0) is 38.0 Å². The molecule has 1 N–H and O–H groups in total. The van der Waals surface area contributed by atoms with Crippen LogP contribution in [-0.2, 0) is 19.6 Å². The number of anilines is 2. The van der Waals surface area contributed by atoms with Crippen LogP contribution in [0, 0.1) is 6.92 Å². The molecule has 1 saturated heterocycles. The van der Waals surface area contributed by atoms with E-state index < -0.39 is 10.0 Å². The van der Waals surface area contributed by atoms with E-state index in [0.29, 0.717) is 30.9 Å². The standard InChI is InChI=1S/C14H20N2O4S/c1-3-20-10-14(17)15-13-9-12(6-5-11(13)2)16-7-4-8-21(16,18)19/h5-6,9H,3-4,7-8,10H2,1-2H3,(H,15,17). The lowest BCUT2D eigenvalue weighted by molar-refractivity contribution is -0.120. The average molecular weight is 312 g/mol. The van der Waals surface area contributed by atoms with E-state index in [-0.39, 0.29) is 18.3 Å². The number of carbonyl (C=O) groups is 1. The van der Waals surface area contributed by atoms with Gasteiger partial charge in [0.25, 0.3) is 0 Å². The van der Waals surface area contributed by atoms with Gasteiger partial charge in [0.05, 0.1) is 11.4 Å². The highest BCUT2D eigenvalue weighted by molar-refractivity contribution is 7.93. The molecule has 0 bridgehead atoms. The second-order valence-corrected chi connectivity index (χ2v) is 6.94. The lowest BCUT2D eigenvalue weighted by Gasteiger charge is -2.19. The second kappa shape index (κ2) is 6.44. The number of carbonyl (C=O) groups excluding carboxylic acids is 1. The van der Waals surface area contributed by atoms with E-state index in [1.165, 1.54) is 4.31 Å². The lowest BCUT2D eigenvalue weighted by Crippen LogP contribution is -2.25. The third kappa shape index (κ3) is 3.74. The van der Waals surface area contributed by atoms with Gasteiger partial charge in [-0.3, -0.25) is 9.10 Å². The Kier molecular flexibility index (Phi) is 4.84. The first-order valence-corrected chi connectivity index (χ1v) is 8.53. The number of nitrogens with zero attached hydrogens (tertiary/aromatic N) is 1. The SMILES string of the molecule is CCOCC(=O)Nc1cc(N2CCCS2(=O)=O)ccc1C. The number of ether oxygens (including phenoxy) is 1. The highest BCUT2D eigenvalue weighted by Gasteiger charge is 2.28. The summed E-state index contributed by atoms with van der Waals surface area (Å²) in [6, 6.07) is 5.26. The molecule has 0 atom stereocenters. The predicted molar refractivity (Wildman–Crippen MR) is 82.1 cm³/mol. The average Bonchev–Trinajstić information content (AvgIpc) is 2.78. The van der Waals surface area contributed by atoms with Crippen molar-refractivity contribution in [1.29, 1.82) is 0 Å². The molecule has 0 aliphatic carbocycles. The van der Waals surface area contributed by atoms with Crippen molar-refractivity contribution in [1.82, 2.24) is 0 Å². The summed E-state index contributed by atoms with van der Waals surface area (Å²) in [5, 5.41) is 2.75. The van der Waals surface area contributed by atoms with Crippen molar-refractivity contribution in [2.45, 2.75) is 20.3 Å². The molecule has 1 aliphatic heterocycles. The van der Waals surface area contributed by atoms with Gasteiger partial charge in [-0.15, -0.1) is 0 Å². The molecule has 1 aromatic rings. The van der Waals surface area contributed by atoms with Crippen molar-refractivity contribution in [3.63, 3.8) is 0 Å². The van der Waals surface area contributed by atoms with Crippen LogP contribution < -0.4 is 9.62 Å². The van der Waals surface area contributed by atoms with Crippen molar-refractivity contribution in [3.05, 3.63) is 23.8 Å². The molecule has 21 heavy (non-hydrogen) atoms. The van der Waals surface area contributed by atoms with Gasteiger partial charge >= 0.3 is 0 Å². The van der Waals surface area contributed by atoms with E-state index in [1.807, 2.05) is 13.8 Å². The fourth-order valence-corrected chi connectivity index (χ4v) is 3.77. The minimum absolute atomic E-state index is 0.0117. The summed E-state index contributed by atoms with van der Waals surface area (Å²) in [4.78, 5) is 11.7. The summed E-state index contributed by atoms with van der Waals surface area (Å²) in [6.45, 7) is 4.62. The molecule has 7 heteroatoms. The van der Waals surface area contributed by atoms with Crippen LogP contribution in [0.3, 0.4) is 0 Å². The maximum Gasteiger partial charge on any atom is 0.250 e. The topological polar surface area (TPSA) is 75.7 Å². The Labute approximate surface area is 125 Å². The van der Waals surface area contributed by atoms with Gasteiger partial charge in [0.15, 0.2) is 0 Å². The Balaban J connectivity index is 2.19.